The first-order valence-electron chi connectivity index (χ1n) is 33.0. The molecule has 8 heterocycles. The first kappa shape index (κ1) is 72.6. The van der Waals surface area contributed by atoms with E-state index in [0.29, 0.717) is 28.8 Å². The molecule has 0 radical (unpaired) electrons. The Labute approximate surface area is 607 Å². The van der Waals surface area contributed by atoms with Gasteiger partial charge in [0.2, 0.25) is 0 Å². The summed E-state index contributed by atoms with van der Waals surface area (Å²) in [5.41, 5.74) is -0.922. The van der Waals surface area contributed by atoms with Crippen molar-refractivity contribution in [1.82, 2.24) is 78.3 Å². The number of hydrogen-bond acceptors (Lipinski definition) is 16. The van der Waals surface area contributed by atoms with E-state index in [2.05, 4.69) is 81.5 Å². The van der Waals surface area contributed by atoms with Crippen molar-refractivity contribution in [2.45, 2.75) is 142 Å². The molecule has 542 valence electrons. The van der Waals surface area contributed by atoms with E-state index in [4.69, 9.17) is 51.9 Å². The van der Waals surface area contributed by atoms with Gasteiger partial charge >= 0.3 is 0 Å². The fourth-order valence-corrected chi connectivity index (χ4v) is 10.6. The number of fused-ring (bicyclic) bond motifs is 4. The van der Waals surface area contributed by atoms with Gasteiger partial charge in [0, 0.05) is 36.2 Å². The van der Waals surface area contributed by atoms with Crippen LogP contribution < -0.4 is 21.3 Å². The Morgan fingerprint density at radius 2 is 0.559 bits per heavy atom. The molecule has 0 aliphatic heterocycles. The largest absolute Gasteiger partial charge is 0.367 e. The van der Waals surface area contributed by atoms with Crippen LogP contribution in [0.1, 0.15) is 120 Å². The molecular weight excluding hydrogens is 1420 g/mol. The van der Waals surface area contributed by atoms with Crippen LogP contribution in [0.25, 0.3) is 67.6 Å². The summed E-state index contributed by atoms with van der Waals surface area (Å²) in [6.07, 6.45) is 4.97. The standard InChI is InChI=1S/C18H20ClF2N5.2C17H18ClF2N5.C16H15ClF3N5.CH4/c1-9-6-11(20)13(12(21)7-9)14-15(19)25-17-22-8-23-26(17)16(14)24-10(2)18(3,4)5;2*1-8(2)10(4)23-16-14(13-11(19)5-9(3)6-12(13)20)15(18)24-17-21-7-22-25(16)17;1-7(2)8(3)23-15-13(12-10(19)4-9(18)5-11(12)20)14(17)24-16-21-6-22-25(15)16;/h6-8,10,24H,1-5H3;2*5-8,10,23H,1-4H3;4-8,23H,1-3H3;1H4/t3*10-;8-;/m0101./s1/i3*10D;8D;. The van der Waals surface area contributed by atoms with Crippen molar-refractivity contribution >= 4 is 92.8 Å². The molecule has 8 aromatic heterocycles. The number of halogens is 13. The van der Waals surface area contributed by atoms with Gasteiger partial charge in [-0.05, 0) is 125 Å². The van der Waals surface area contributed by atoms with Gasteiger partial charge < -0.3 is 21.3 Å². The Balaban J connectivity index is 0.000000178. The van der Waals surface area contributed by atoms with Crippen molar-refractivity contribution in [2.24, 2.45) is 23.2 Å². The summed E-state index contributed by atoms with van der Waals surface area (Å²) in [5.74, 6) is -7.35. The Hall–Kier alpha value is -9.19. The molecule has 0 amide bonds. The molecule has 20 nitrogen and oxygen atoms in total. The summed E-state index contributed by atoms with van der Waals surface area (Å²) in [7, 11) is 0. The molecule has 0 aliphatic carbocycles. The van der Waals surface area contributed by atoms with Crippen molar-refractivity contribution < 1.29 is 45.0 Å². The molecule has 0 bridgehead atoms. The van der Waals surface area contributed by atoms with Crippen LogP contribution in [-0.2, 0) is 0 Å². The Morgan fingerprint density at radius 1 is 0.353 bits per heavy atom. The molecule has 4 N–H and O–H groups in total. The van der Waals surface area contributed by atoms with Gasteiger partial charge in [-0.3, -0.25) is 0 Å². The maximum absolute atomic E-state index is 14.7. The minimum Gasteiger partial charge on any atom is -0.367 e. The Bertz CT molecular complexity index is 4810. The number of rotatable bonds is 15. The van der Waals surface area contributed by atoms with Crippen LogP contribution in [0.4, 0.5) is 62.8 Å². The van der Waals surface area contributed by atoms with Gasteiger partial charge in [-0.1, -0.05) is 116 Å². The molecule has 12 rings (SSSR count). The first-order valence-corrected chi connectivity index (χ1v) is 32.5. The second kappa shape index (κ2) is 32.0. The van der Waals surface area contributed by atoms with E-state index in [1.165, 1.54) is 79.8 Å². The SMILES string of the molecule is C.[2H][C@@](C)(Nc1c(-c2c(F)cc(C)cc2F)c(Cl)nc2ncnn12)C(C)(C)C.[2H][C@@](C)(Nc1c(-c2c(F)cc(C)cc2F)c(Cl)nc2ncnn12)C(C)C.[2H][C@](C)(Nc1c(-c2c(F)cc(C)cc2F)c(Cl)nc2ncnn12)C(C)C.[2H][C@](C)(Nc1c(-c2c(F)cc(F)cc2F)c(Cl)nc2ncnn12)C(C)C. The normalized spacial score (nSPS) is 14.6. The summed E-state index contributed by atoms with van der Waals surface area (Å²) >= 11 is 25.0. The molecule has 4 atom stereocenters. The number of benzene rings is 4. The van der Waals surface area contributed by atoms with Crippen molar-refractivity contribution in [1.29, 1.82) is 0 Å². The molecule has 4 aromatic carbocycles. The fraction of sp³-hybridized carbons (Fsp3) is 0.362. The van der Waals surface area contributed by atoms with Gasteiger partial charge in [0.25, 0.3) is 23.1 Å². The van der Waals surface area contributed by atoms with Gasteiger partial charge in [0.05, 0.1) is 50.0 Å². The molecule has 0 saturated heterocycles. The van der Waals surface area contributed by atoms with Gasteiger partial charge in [0.1, 0.15) is 122 Å². The lowest BCUT2D eigenvalue weighted by atomic mass is 9.88. The summed E-state index contributed by atoms with van der Waals surface area (Å²) in [5, 5.41) is 27.5. The third-order valence-electron chi connectivity index (χ3n) is 16.1. The molecule has 102 heavy (non-hydrogen) atoms. The average molecular weight is 1500 g/mol. The van der Waals surface area contributed by atoms with Crippen LogP contribution in [0.2, 0.25) is 20.6 Å². The molecule has 12 aromatic rings. The van der Waals surface area contributed by atoms with Crippen molar-refractivity contribution in [3.05, 3.63) is 163 Å². The van der Waals surface area contributed by atoms with Gasteiger partial charge in [-0.2, -0.15) is 78.3 Å². The van der Waals surface area contributed by atoms with Gasteiger partial charge in [-0.15, -0.1) is 0 Å². The fourth-order valence-electron chi connectivity index (χ4n) is 9.57. The van der Waals surface area contributed by atoms with E-state index in [1.54, 1.807) is 62.3 Å². The highest BCUT2D eigenvalue weighted by Gasteiger charge is 2.31. The lowest BCUT2D eigenvalue weighted by Gasteiger charge is -2.30. The van der Waals surface area contributed by atoms with E-state index in [1.807, 2.05) is 48.5 Å². The summed E-state index contributed by atoms with van der Waals surface area (Å²) < 4.78 is 169. The maximum Gasteiger partial charge on any atom is 0.255 e. The lowest BCUT2D eigenvalue weighted by molar-refractivity contribution is 0.358. The minimum absolute atomic E-state index is 0. The van der Waals surface area contributed by atoms with E-state index in [0.717, 1.165) is 0 Å². The summed E-state index contributed by atoms with van der Waals surface area (Å²) in [6, 6.07) is 3.62. The first-order chi connectivity index (χ1) is 48.8. The van der Waals surface area contributed by atoms with Crippen molar-refractivity contribution in [2.75, 3.05) is 21.3 Å². The average Bonchev–Trinajstić information content (AvgIpc) is 1.27. The van der Waals surface area contributed by atoms with Gasteiger partial charge in [-0.25, -0.2) is 39.5 Å². The second-order valence-electron chi connectivity index (χ2n) is 25.3. The third kappa shape index (κ3) is 16.8. The highest BCUT2D eigenvalue weighted by Crippen LogP contribution is 2.43. The second-order valence-corrected chi connectivity index (χ2v) is 26.8. The zero-order chi connectivity index (χ0) is 77.8. The van der Waals surface area contributed by atoms with Crippen LogP contribution in [-0.4, -0.2) is 102 Å². The quantitative estimate of drug-likeness (QED) is 0.0554. The molecule has 0 saturated carbocycles. The van der Waals surface area contributed by atoms with E-state index >= 15 is 0 Å². The monoisotopic (exact) mass is 1500 g/mol. The predicted octanol–water partition coefficient (Wildman–Crippen LogP) is 18.8. The number of anilines is 4. The number of aryl methyl sites for hydroxylation is 3. The van der Waals surface area contributed by atoms with Crippen LogP contribution in [0.15, 0.2) is 73.8 Å². The smallest absolute Gasteiger partial charge is 0.255 e. The number of nitrogens with zero attached hydrogens (tertiary/aromatic N) is 16. The van der Waals surface area contributed by atoms with Crippen LogP contribution in [0.5, 0.6) is 0 Å². The van der Waals surface area contributed by atoms with Crippen LogP contribution in [0.3, 0.4) is 0 Å². The van der Waals surface area contributed by atoms with Crippen LogP contribution in [0, 0.1) is 96.3 Å². The molecule has 0 aliphatic rings. The number of nitrogens with one attached hydrogen (secondary N) is 4. The zero-order valence-corrected chi connectivity index (χ0v) is 60.3. The lowest BCUT2D eigenvalue weighted by Crippen LogP contribution is -2.32. The summed E-state index contributed by atoms with van der Waals surface area (Å²) in [4.78, 5) is 32.1. The van der Waals surface area contributed by atoms with E-state index in [-0.39, 0.29) is 131 Å². The van der Waals surface area contributed by atoms with Crippen LogP contribution >= 0.6 is 46.4 Å². The maximum atomic E-state index is 14.7. The predicted molar refractivity (Wildman–Crippen MR) is 382 cm³/mol. The third-order valence-corrected chi connectivity index (χ3v) is 17.2. The highest BCUT2D eigenvalue weighted by atomic mass is 35.5. The molecule has 33 heteroatoms. The van der Waals surface area contributed by atoms with E-state index < -0.39 is 87.4 Å². The van der Waals surface area contributed by atoms with Crippen molar-refractivity contribution in [3.8, 4) is 44.5 Å². The summed E-state index contributed by atoms with van der Waals surface area (Å²) in [6.45, 7) is 28.0. The number of hydrogen-bond donors (Lipinski definition) is 4. The molecule has 0 fully saturated rings. The van der Waals surface area contributed by atoms with E-state index in [9.17, 15) is 39.5 Å². The molecule has 0 spiro atoms. The number of aromatic nitrogens is 16. The minimum atomic E-state index is -1.23. The Kier molecular flexibility index (Phi) is 22.8. The zero-order valence-electron chi connectivity index (χ0n) is 61.2. The van der Waals surface area contributed by atoms with Gasteiger partial charge in [0.15, 0.2) is 0 Å². The molecular formula is C69H75Cl4F9N20. The Morgan fingerprint density at radius 3 is 0.765 bits per heavy atom. The highest BCUT2D eigenvalue weighted by molar-refractivity contribution is 6.34. The topological polar surface area (TPSA) is 220 Å². The van der Waals surface area contributed by atoms with Crippen molar-refractivity contribution in [3.63, 3.8) is 0 Å². The molecule has 0 unspecified atom stereocenters.